The molecule has 0 bridgehead atoms. The minimum absolute atomic E-state index is 0.0486. The highest BCUT2D eigenvalue weighted by Gasteiger charge is 2.05. The van der Waals surface area contributed by atoms with Crippen molar-refractivity contribution in [2.24, 2.45) is 0 Å². The van der Waals surface area contributed by atoms with Crippen LogP contribution in [0.15, 0.2) is 24.3 Å². The van der Waals surface area contributed by atoms with Crippen molar-refractivity contribution in [3.63, 3.8) is 0 Å². The van der Waals surface area contributed by atoms with Crippen LogP contribution in [-0.4, -0.2) is 18.5 Å². The van der Waals surface area contributed by atoms with Crippen molar-refractivity contribution in [3.05, 3.63) is 29.8 Å². The molecular formula is C14H22N2O. The summed E-state index contributed by atoms with van der Waals surface area (Å²) in [7, 11) is 0. The number of nitrogens with one attached hydrogen (secondary N) is 2. The Morgan fingerprint density at radius 2 is 2.18 bits per heavy atom. The summed E-state index contributed by atoms with van der Waals surface area (Å²) in [5.74, 6) is 0.0486. The molecule has 1 aromatic carbocycles. The van der Waals surface area contributed by atoms with E-state index in [0.29, 0.717) is 6.54 Å². The van der Waals surface area contributed by atoms with Crippen molar-refractivity contribution in [1.82, 2.24) is 5.32 Å². The van der Waals surface area contributed by atoms with E-state index in [1.54, 1.807) is 0 Å². The van der Waals surface area contributed by atoms with Gasteiger partial charge in [-0.1, -0.05) is 25.5 Å². The smallest absolute Gasteiger partial charge is 0.239 e. The standard InChI is InChI=1S/C14H22N2O/c1-4-6-12(3)16-14(17)10-15-13-8-5-7-11(2)9-13/h5,7-9,12,15H,4,6,10H2,1-3H3,(H,16,17). The molecular weight excluding hydrogens is 212 g/mol. The Kier molecular flexibility index (Phi) is 5.53. The third-order valence-electron chi connectivity index (χ3n) is 2.60. The largest absolute Gasteiger partial charge is 0.376 e. The van der Waals surface area contributed by atoms with Gasteiger partial charge in [0.2, 0.25) is 5.91 Å². The lowest BCUT2D eigenvalue weighted by Crippen LogP contribution is -2.36. The molecule has 0 saturated carbocycles. The molecule has 94 valence electrons. The summed E-state index contributed by atoms with van der Waals surface area (Å²) >= 11 is 0. The molecule has 2 N–H and O–H groups in total. The summed E-state index contributed by atoms with van der Waals surface area (Å²) in [5.41, 5.74) is 2.18. The van der Waals surface area contributed by atoms with Gasteiger partial charge in [0.05, 0.1) is 6.54 Å². The molecule has 0 aliphatic heterocycles. The van der Waals surface area contributed by atoms with E-state index in [-0.39, 0.29) is 11.9 Å². The third kappa shape index (κ3) is 5.38. The van der Waals surface area contributed by atoms with Crippen LogP contribution in [0.2, 0.25) is 0 Å². The number of aryl methyl sites for hydroxylation is 1. The second kappa shape index (κ2) is 6.94. The van der Waals surface area contributed by atoms with E-state index in [2.05, 4.69) is 17.6 Å². The number of carbonyl (C=O) groups excluding carboxylic acids is 1. The number of amides is 1. The van der Waals surface area contributed by atoms with Crippen LogP contribution in [0.3, 0.4) is 0 Å². The van der Waals surface area contributed by atoms with Gasteiger partial charge in [0.25, 0.3) is 0 Å². The maximum absolute atomic E-state index is 11.6. The molecule has 3 heteroatoms. The van der Waals surface area contributed by atoms with Gasteiger partial charge in [-0.3, -0.25) is 4.79 Å². The number of hydrogen-bond acceptors (Lipinski definition) is 2. The lowest BCUT2D eigenvalue weighted by Gasteiger charge is -2.13. The lowest BCUT2D eigenvalue weighted by atomic mass is 10.2. The van der Waals surface area contributed by atoms with Gasteiger partial charge in [-0.15, -0.1) is 0 Å². The predicted octanol–water partition coefficient (Wildman–Crippen LogP) is 2.71. The highest BCUT2D eigenvalue weighted by atomic mass is 16.1. The fourth-order valence-electron chi connectivity index (χ4n) is 1.77. The zero-order chi connectivity index (χ0) is 12.7. The van der Waals surface area contributed by atoms with E-state index in [1.807, 2.05) is 38.1 Å². The van der Waals surface area contributed by atoms with Gasteiger partial charge >= 0.3 is 0 Å². The Morgan fingerprint density at radius 1 is 1.41 bits per heavy atom. The molecule has 1 amide bonds. The summed E-state index contributed by atoms with van der Waals surface area (Å²) < 4.78 is 0. The highest BCUT2D eigenvalue weighted by Crippen LogP contribution is 2.08. The molecule has 3 nitrogen and oxygen atoms in total. The highest BCUT2D eigenvalue weighted by molar-refractivity contribution is 5.80. The van der Waals surface area contributed by atoms with Crippen LogP contribution in [0.25, 0.3) is 0 Å². The Balaban J connectivity index is 2.33. The Bertz CT molecular complexity index is 363. The second-order valence-electron chi connectivity index (χ2n) is 4.48. The first kappa shape index (κ1) is 13.6. The lowest BCUT2D eigenvalue weighted by molar-refractivity contribution is -0.120. The predicted molar refractivity (Wildman–Crippen MR) is 72.2 cm³/mol. The third-order valence-corrected chi connectivity index (χ3v) is 2.60. The molecule has 0 radical (unpaired) electrons. The van der Waals surface area contributed by atoms with Crippen molar-refractivity contribution in [1.29, 1.82) is 0 Å². The van der Waals surface area contributed by atoms with Crippen LogP contribution in [0, 0.1) is 6.92 Å². The van der Waals surface area contributed by atoms with Crippen LogP contribution in [-0.2, 0) is 4.79 Å². The molecule has 0 heterocycles. The van der Waals surface area contributed by atoms with E-state index in [1.165, 1.54) is 5.56 Å². The fraction of sp³-hybridized carbons (Fsp3) is 0.500. The number of anilines is 1. The average Bonchev–Trinajstić information content (AvgIpc) is 2.27. The van der Waals surface area contributed by atoms with E-state index >= 15 is 0 Å². The van der Waals surface area contributed by atoms with Crippen LogP contribution in [0.1, 0.15) is 32.3 Å². The molecule has 0 fully saturated rings. The van der Waals surface area contributed by atoms with Crippen molar-refractivity contribution in [2.45, 2.75) is 39.7 Å². The minimum Gasteiger partial charge on any atom is -0.376 e. The van der Waals surface area contributed by atoms with Gasteiger partial charge in [0.1, 0.15) is 0 Å². The van der Waals surface area contributed by atoms with E-state index in [9.17, 15) is 4.79 Å². The maximum Gasteiger partial charge on any atom is 0.239 e. The Hall–Kier alpha value is -1.51. The summed E-state index contributed by atoms with van der Waals surface area (Å²) in [5, 5.41) is 6.08. The quantitative estimate of drug-likeness (QED) is 0.794. The molecule has 0 aliphatic rings. The van der Waals surface area contributed by atoms with E-state index < -0.39 is 0 Å². The monoisotopic (exact) mass is 234 g/mol. The molecule has 17 heavy (non-hydrogen) atoms. The first-order chi connectivity index (χ1) is 8.11. The Morgan fingerprint density at radius 3 is 2.82 bits per heavy atom. The molecule has 1 unspecified atom stereocenters. The summed E-state index contributed by atoms with van der Waals surface area (Å²) in [4.78, 5) is 11.6. The first-order valence-electron chi connectivity index (χ1n) is 6.21. The first-order valence-corrected chi connectivity index (χ1v) is 6.21. The molecule has 1 aromatic rings. The summed E-state index contributed by atoms with van der Waals surface area (Å²) in [6, 6.07) is 8.27. The summed E-state index contributed by atoms with van der Waals surface area (Å²) in [6.45, 7) is 6.52. The second-order valence-corrected chi connectivity index (χ2v) is 4.48. The molecule has 1 rings (SSSR count). The zero-order valence-electron chi connectivity index (χ0n) is 10.9. The number of rotatable bonds is 6. The number of hydrogen-bond donors (Lipinski definition) is 2. The van der Waals surface area contributed by atoms with Crippen LogP contribution in [0.5, 0.6) is 0 Å². The van der Waals surface area contributed by atoms with Crippen molar-refractivity contribution < 1.29 is 4.79 Å². The van der Waals surface area contributed by atoms with Crippen molar-refractivity contribution >= 4 is 11.6 Å². The van der Waals surface area contributed by atoms with Gasteiger partial charge in [-0.2, -0.15) is 0 Å². The van der Waals surface area contributed by atoms with Crippen LogP contribution < -0.4 is 10.6 Å². The van der Waals surface area contributed by atoms with Gasteiger partial charge in [0.15, 0.2) is 0 Å². The fourth-order valence-corrected chi connectivity index (χ4v) is 1.77. The minimum atomic E-state index is 0.0486. The SMILES string of the molecule is CCCC(C)NC(=O)CNc1cccc(C)c1. The molecule has 1 atom stereocenters. The van der Waals surface area contributed by atoms with Crippen LogP contribution >= 0.6 is 0 Å². The van der Waals surface area contributed by atoms with Gasteiger partial charge in [-0.25, -0.2) is 0 Å². The molecule has 0 spiro atoms. The summed E-state index contributed by atoms with van der Waals surface area (Å²) in [6.07, 6.45) is 2.11. The molecule has 0 saturated heterocycles. The van der Waals surface area contributed by atoms with E-state index in [4.69, 9.17) is 0 Å². The maximum atomic E-state index is 11.6. The Labute approximate surface area is 104 Å². The van der Waals surface area contributed by atoms with Crippen molar-refractivity contribution in [2.75, 3.05) is 11.9 Å². The molecule has 0 aromatic heterocycles. The van der Waals surface area contributed by atoms with Gasteiger partial charge < -0.3 is 10.6 Å². The van der Waals surface area contributed by atoms with E-state index in [0.717, 1.165) is 18.5 Å². The number of carbonyl (C=O) groups is 1. The topological polar surface area (TPSA) is 41.1 Å². The average molecular weight is 234 g/mol. The molecule has 0 aliphatic carbocycles. The van der Waals surface area contributed by atoms with Gasteiger partial charge in [-0.05, 0) is 38.0 Å². The van der Waals surface area contributed by atoms with Gasteiger partial charge in [0, 0.05) is 11.7 Å². The zero-order valence-corrected chi connectivity index (χ0v) is 10.9. The van der Waals surface area contributed by atoms with Crippen molar-refractivity contribution in [3.8, 4) is 0 Å². The van der Waals surface area contributed by atoms with Crippen LogP contribution in [0.4, 0.5) is 5.69 Å². The normalized spacial score (nSPS) is 11.9. The number of benzene rings is 1.